The highest BCUT2D eigenvalue weighted by Gasteiger charge is 2.30. The van der Waals surface area contributed by atoms with Crippen molar-refractivity contribution in [2.24, 2.45) is 0 Å². The highest BCUT2D eigenvalue weighted by molar-refractivity contribution is 7.89. The predicted molar refractivity (Wildman–Crippen MR) is 121 cm³/mol. The van der Waals surface area contributed by atoms with Gasteiger partial charge in [-0.3, -0.25) is 4.79 Å². The van der Waals surface area contributed by atoms with E-state index in [4.69, 9.17) is 4.52 Å². The third-order valence-electron chi connectivity index (χ3n) is 5.69. The molecule has 9 heteroatoms. The number of hydrogen-bond donors (Lipinski definition) is 2. The molecule has 2 N–H and O–H groups in total. The zero-order valence-electron chi connectivity index (χ0n) is 18.5. The molecule has 0 bridgehead atoms. The van der Waals surface area contributed by atoms with Crippen LogP contribution < -0.4 is 10.0 Å². The molecule has 1 heterocycles. The molecule has 0 aliphatic heterocycles. The summed E-state index contributed by atoms with van der Waals surface area (Å²) in [6.07, 6.45) is 2.06. The minimum absolute atomic E-state index is 0.0687. The van der Waals surface area contributed by atoms with Crippen LogP contribution in [0.3, 0.4) is 0 Å². The van der Waals surface area contributed by atoms with Crippen LogP contribution in [-0.2, 0) is 14.8 Å². The third kappa shape index (κ3) is 4.58. The Morgan fingerprint density at radius 2 is 1.88 bits per heavy atom. The van der Waals surface area contributed by atoms with Crippen LogP contribution in [0.2, 0.25) is 0 Å². The summed E-state index contributed by atoms with van der Waals surface area (Å²) in [5.74, 6) is 0.801. The van der Waals surface area contributed by atoms with Gasteiger partial charge in [0.2, 0.25) is 27.6 Å². The first-order valence-electron chi connectivity index (χ1n) is 10.5. The zero-order valence-corrected chi connectivity index (χ0v) is 19.3. The summed E-state index contributed by atoms with van der Waals surface area (Å²) in [4.78, 5) is 17.1. The van der Waals surface area contributed by atoms with Gasteiger partial charge in [0.05, 0.1) is 10.9 Å². The fraction of sp³-hybridized carbons (Fsp3) is 0.348. The Morgan fingerprint density at radius 3 is 2.59 bits per heavy atom. The van der Waals surface area contributed by atoms with E-state index in [1.165, 1.54) is 13.0 Å². The average Bonchev–Trinajstić information content (AvgIpc) is 3.48. The van der Waals surface area contributed by atoms with Crippen molar-refractivity contribution in [1.29, 1.82) is 0 Å². The summed E-state index contributed by atoms with van der Waals surface area (Å²) in [5.41, 5.74) is 3.72. The molecular weight excluding hydrogens is 428 g/mol. The van der Waals surface area contributed by atoms with Crippen molar-refractivity contribution in [1.82, 2.24) is 14.9 Å². The maximum atomic E-state index is 13.1. The molecule has 2 aromatic carbocycles. The molecule has 32 heavy (non-hydrogen) atoms. The number of sulfonamides is 1. The Labute approximate surface area is 187 Å². The molecule has 0 radical (unpaired) electrons. The molecule has 0 unspecified atom stereocenters. The minimum atomic E-state index is -3.97. The van der Waals surface area contributed by atoms with Crippen molar-refractivity contribution in [3.63, 3.8) is 0 Å². The topological polar surface area (TPSA) is 114 Å². The Balaban J connectivity index is 1.53. The summed E-state index contributed by atoms with van der Waals surface area (Å²) in [7, 11) is -3.97. The van der Waals surface area contributed by atoms with Crippen molar-refractivity contribution >= 4 is 21.6 Å². The largest absolute Gasteiger partial charge is 0.339 e. The van der Waals surface area contributed by atoms with Crippen molar-refractivity contribution < 1.29 is 17.7 Å². The summed E-state index contributed by atoms with van der Waals surface area (Å²) in [6, 6.07) is 9.56. The van der Waals surface area contributed by atoms with Crippen LogP contribution in [0.4, 0.5) is 5.69 Å². The molecule has 1 fully saturated rings. The Kier molecular flexibility index (Phi) is 5.87. The van der Waals surface area contributed by atoms with Crippen LogP contribution in [0.5, 0.6) is 0 Å². The molecule has 1 atom stereocenters. The van der Waals surface area contributed by atoms with Crippen molar-refractivity contribution in [2.75, 3.05) is 5.32 Å². The van der Waals surface area contributed by atoms with E-state index in [1.54, 1.807) is 25.1 Å². The highest BCUT2D eigenvalue weighted by Crippen LogP contribution is 2.39. The zero-order chi connectivity index (χ0) is 23.0. The maximum Gasteiger partial charge on any atom is 0.242 e. The number of carbonyl (C=O) groups excluding carboxylic acids is 1. The summed E-state index contributed by atoms with van der Waals surface area (Å²) in [5, 5.41) is 6.78. The van der Waals surface area contributed by atoms with E-state index in [1.807, 2.05) is 26.0 Å². The number of nitrogens with one attached hydrogen (secondary N) is 2. The number of amides is 1. The Bertz CT molecular complexity index is 1280. The molecule has 168 valence electrons. The molecule has 4 rings (SSSR count). The van der Waals surface area contributed by atoms with Crippen molar-refractivity contribution in [3.05, 3.63) is 59.0 Å². The van der Waals surface area contributed by atoms with Gasteiger partial charge in [-0.25, -0.2) is 8.42 Å². The molecule has 1 aliphatic rings. The van der Waals surface area contributed by atoms with Gasteiger partial charge in [-0.1, -0.05) is 29.4 Å². The SMILES string of the molecule is Cc1ccc(-c2noc(C3CC3)n2)cc1S(=O)(=O)N[C@H](C)C(=O)Nc1cccc(C)c1C. The van der Waals surface area contributed by atoms with Crippen LogP contribution in [0.15, 0.2) is 45.8 Å². The molecule has 1 aromatic heterocycles. The second-order valence-corrected chi connectivity index (χ2v) is 9.97. The van der Waals surface area contributed by atoms with E-state index >= 15 is 0 Å². The number of nitrogens with zero attached hydrogens (tertiary/aromatic N) is 2. The van der Waals surface area contributed by atoms with Crippen molar-refractivity contribution in [3.8, 4) is 11.4 Å². The normalized spacial score (nSPS) is 14.9. The van der Waals surface area contributed by atoms with E-state index < -0.39 is 22.0 Å². The minimum Gasteiger partial charge on any atom is -0.339 e. The van der Waals surface area contributed by atoms with Crippen LogP contribution in [-0.4, -0.2) is 30.5 Å². The smallest absolute Gasteiger partial charge is 0.242 e. The summed E-state index contributed by atoms with van der Waals surface area (Å²) >= 11 is 0. The summed E-state index contributed by atoms with van der Waals surface area (Å²) in [6.45, 7) is 7.06. The lowest BCUT2D eigenvalue weighted by Gasteiger charge is -2.17. The summed E-state index contributed by atoms with van der Waals surface area (Å²) < 4.78 is 34.0. The lowest BCUT2D eigenvalue weighted by Crippen LogP contribution is -2.41. The monoisotopic (exact) mass is 454 g/mol. The number of hydrogen-bond acceptors (Lipinski definition) is 6. The molecular formula is C23H26N4O4S. The fourth-order valence-electron chi connectivity index (χ4n) is 3.35. The molecule has 1 saturated carbocycles. The van der Waals surface area contributed by atoms with Gasteiger partial charge in [0.1, 0.15) is 0 Å². The second-order valence-electron chi connectivity index (χ2n) is 8.29. The van der Waals surface area contributed by atoms with Gasteiger partial charge in [0, 0.05) is 17.2 Å². The number of aryl methyl sites for hydroxylation is 2. The first kappa shape index (κ1) is 22.2. The first-order chi connectivity index (χ1) is 15.2. The van der Waals surface area contributed by atoms with E-state index in [2.05, 4.69) is 20.2 Å². The van der Waals surface area contributed by atoms with E-state index in [-0.39, 0.29) is 4.90 Å². The molecule has 3 aromatic rings. The number of benzene rings is 2. The standard InChI is InChI=1S/C23H26N4O4S/c1-13-6-5-7-19(15(13)3)24-22(28)16(4)27-32(29,30)20-12-18(9-8-14(20)2)21-25-23(31-26-21)17-10-11-17/h5-9,12,16-17,27H,10-11H2,1-4H3,(H,24,28)/t16-/m1/s1. The predicted octanol–water partition coefficient (Wildman–Crippen LogP) is 3.84. The van der Waals surface area contributed by atoms with Gasteiger partial charge < -0.3 is 9.84 Å². The van der Waals surface area contributed by atoms with E-state index in [0.29, 0.717) is 34.4 Å². The van der Waals surface area contributed by atoms with Crippen LogP contribution >= 0.6 is 0 Å². The van der Waals surface area contributed by atoms with Crippen LogP contribution in [0, 0.1) is 20.8 Å². The lowest BCUT2D eigenvalue weighted by molar-refractivity contribution is -0.117. The number of carbonyl (C=O) groups is 1. The van der Waals surface area contributed by atoms with Gasteiger partial charge in [-0.05, 0) is 69.4 Å². The molecule has 8 nitrogen and oxygen atoms in total. The lowest BCUT2D eigenvalue weighted by atomic mass is 10.1. The Morgan fingerprint density at radius 1 is 1.12 bits per heavy atom. The Hall–Kier alpha value is -3.04. The van der Waals surface area contributed by atoms with Crippen LogP contribution in [0.1, 0.15) is 48.3 Å². The fourth-order valence-corrected chi connectivity index (χ4v) is 4.83. The molecule has 1 amide bonds. The van der Waals surface area contributed by atoms with E-state index in [0.717, 1.165) is 24.0 Å². The number of rotatable bonds is 7. The second kappa shape index (κ2) is 8.48. The maximum absolute atomic E-state index is 13.1. The highest BCUT2D eigenvalue weighted by atomic mass is 32.2. The van der Waals surface area contributed by atoms with Crippen molar-refractivity contribution in [2.45, 2.75) is 57.4 Å². The average molecular weight is 455 g/mol. The van der Waals surface area contributed by atoms with Gasteiger partial charge in [0.15, 0.2) is 0 Å². The quantitative estimate of drug-likeness (QED) is 0.561. The van der Waals surface area contributed by atoms with Gasteiger partial charge in [0.25, 0.3) is 0 Å². The molecule has 0 saturated heterocycles. The van der Waals surface area contributed by atoms with Gasteiger partial charge in [-0.15, -0.1) is 0 Å². The molecule has 0 spiro atoms. The van der Waals surface area contributed by atoms with E-state index in [9.17, 15) is 13.2 Å². The number of anilines is 1. The molecule has 1 aliphatic carbocycles. The first-order valence-corrected chi connectivity index (χ1v) is 12.0. The van der Waals surface area contributed by atoms with Gasteiger partial charge in [-0.2, -0.15) is 9.71 Å². The van der Waals surface area contributed by atoms with Gasteiger partial charge >= 0.3 is 0 Å². The third-order valence-corrected chi connectivity index (χ3v) is 7.37. The van der Waals surface area contributed by atoms with Crippen LogP contribution in [0.25, 0.3) is 11.4 Å². The number of aromatic nitrogens is 2.